The minimum absolute atomic E-state index is 0.0947. The van der Waals surface area contributed by atoms with Crippen molar-refractivity contribution in [2.75, 3.05) is 13.2 Å². The number of unbranched alkanes of at least 4 members (excludes halogenated alkanes) is 28. The molecule has 0 N–H and O–H groups in total. The van der Waals surface area contributed by atoms with Crippen LogP contribution in [0.5, 0.6) is 0 Å². The Hall–Kier alpha value is -3.15. The fourth-order valence-electron chi connectivity index (χ4n) is 8.00. The number of esters is 3. The highest BCUT2D eigenvalue weighted by Crippen LogP contribution is 2.16. The van der Waals surface area contributed by atoms with Crippen LogP contribution in [0.1, 0.15) is 278 Å². The van der Waals surface area contributed by atoms with Crippen molar-refractivity contribution in [1.82, 2.24) is 0 Å². The summed E-state index contributed by atoms with van der Waals surface area (Å²) in [6, 6.07) is 0. The molecule has 0 aliphatic rings. The largest absolute Gasteiger partial charge is 0.462 e. The molecule has 67 heavy (non-hydrogen) atoms. The first-order chi connectivity index (χ1) is 33.0. The molecule has 6 heteroatoms. The van der Waals surface area contributed by atoms with Crippen LogP contribution in [0, 0.1) is 0 Å². The molecule has 0 spiro atoms. The number of carbonyl (C=O) groups excluding carboxylic acids is 3. The minimum Gasteiger partial charge on any atom is -0.462 e. The molecule has 0 heterocycles. The lowest BCUT2D eigenvalue weighted by atomic mass is 10.0. The van der Waals surface area contributed by atoms with E-state index >= 15 is 0 Å². The van der Waals surface area contributed by atoms with E-state index in [1.54, 1.807) is 0 Å². The summed E-state index contributed by atoms with van der Waals surface area (Å²) in [7, 11) is 0. The Kier molecular flexibility index (Phi) is 52.8. The SMILES string of the molecule is CC/C=C/C/C=C/C/C=C/C/C=C/C/C=C/C/C=C/CCC(=O)OC[C@@H](COC(=O)CCCCCCCCCCCCCCC)OC(=O)CCCCCCCCCCCCCCCCCCC. The van der Waals surface area contributed by atoms with Crippen molar-refractivity contribution in [1.29, 1.82) is 0 Å². The van der Waals surface area contributed by atoms with Crippen LogP contribution >= 0.6 is 0 Å². The molecule has 0 aromatic heterocycles. The lowest BCUT2D eigenvalue weighted by Crippen LogP contribution is -2.30. The lowest BCUT2D eigenvalue weighted by Gasteiger charge is -2.18. The summed E-state index contributed by atoms with van der Waals surface area (Å²) in [6.07, 6.45) is 70.4. The average molecular weight is 936 g/mol. The fraction of sp³-hybridized carbons (Fsp3) is 0.754. The van der Waals surface area contributed by atoms with E-state index in [0.29, 0.717) is 19.3 Å². The van der Waals surface area contributed by atoms with Gasteiger partial charge in [0.25, 0.3) is 0 Å². The number of rotatable bonds is 51. The first-order valence-electron chi connectivity index (χ1n) is 28.4. The molecule has 0 rings (SSSR count). The Morgan fingerprint density at radius 2 is 0.582 bits per heavy atom. The van der Waals surface area contributed by atoms with Gasteiger partial charge in [0.05, 0.1) is 0 Å². The quantitative estimate of drug-likeness (QED) is 0.0262. The molecule has 0 aromatic carbocycles. The van der Waals surface area contributed by atoms with Crippen LogP contribution in [0.2, 0.25) is 0 Å². The van der Waals surface area contributed by atoms with Gasteiger partial charge < -0.3 is 14.2 Å². The van der Waals surface area contributed by atoms with Crippen LogP contribution < -0.4 is 0 Å². The third kappa shape index (κ3) is 53.7. The van der Waals surface area contributed by atoms with Crippen LogP contribution in [0.3, 0.4) is 0 Å². The van der Waals surface area contributed by atoms with Gasteiger partial charge in [0.1, 0.15) is 13.2 Å². The number of allylic oxidation sites excluding steroid dienone is 12. The van der Waals surface area contributed by atoms with Crippen molar-refractivity contribution in [3.05, 3.63) is 72.9 Å². The second-order valence-corrected chi connectivity index (χ2v) is 18.8. The zero-order valence-corrected chi connectivity index (χ0v) is 44.2. The van der Waals surface area contributed by atoms with Gasteiger partial charge in [0.2, 0.25) is 0 Å². The number of hydrogen-bond donors (Lipinski definition) is 0. The van der Waals surface area contributed by atoms with Crippen molar-refractivity contribution < 1.29 is 28.6 Å². The second-order valence-electron chi connectivity index (χ2n) is 18.8. The van der Waals surface area contributed by atoms with Gasteiger partial charge in [0.15, 0.2) is 6.10 Å². The van der Waals surface area contributed by atoms with Gasteiger partial charge >= 0.3 is 17.9 Å². The summed E-state index contributed by atoms with van der Waals surface area (Å²) >= 11 is 0. The molecule has 0 fully saturated rings. The van der Waals surface area contributed by atoms with E-state index in [1.165, 1.54) is 154 Å². The van der Waals surface area contributed by atoms with Crippen LogP contribution in [-0.4, -0.2) is 37.2 Å². The molecular formula is C61H106O6. The zero-order chi connectivity index (χ0) is 48.6. The van der Waals surface area contributed by atoms with Gasteiger partial charge in [-0.25, -0.2) is 0 Å². The first-order valence-corrected chi connectivity index (χ1v) is 28.4. The number of ether oxygens (including phenoxy) is 3. The molecule has 0 aliphatic heterocycles. The van der Waals surface area contributed by atoms with Gasteiger partial charge in [-0.15, -0.1) is 0 Å². The molecule has 6 nitrogen and oxygen atoms in total. The van der Waals surface area contributed by atoms with E-state index in [4.69, 9.17) is 14.2 Å². The molecule has 0 amide bonds. The third-order valence-electron chi connectivity index (χ3n) is 12.2. The summed E-state index contributed by atoms with van der Waals surface area (Å²) in [6.45, 7) is 6.49. The highest BCUT2D eigenvalue weighted by Gasteiger charge is 2.19. The van der Waals surface area contributed by atoms with E-state index in [-0.39, 0.29) is 37.5 Å². The minimum atomic E-state index is -0.802. The fourth-order valence-corrected chi connectivity index (χ4v) is 8.00. The molecule has 0 aliphatic carbocycles. The topological polar surface area (TPSA) is 78.9 Å². The van der Waals surface area contributed by atoms with Crippen LogP contribution in [0.4, 0.5) is 0 Å². The normalized spacial score (nSPS) is 12.6. The van der Waals surface area contributed by atoms with Crippen molar-refractivity contribution in [2.24, 2.45) is 0 Å². The Bertz CT molecular complexity index is 1260. The second kappa shape index (κ2) is 55.4. The summed E-state index contributed by atoms with van der Waals surface area (Å²) in [5.41, 5.74) is 0. The van der Waals surface area contributed by atoms with E-state index in [1.807, 2.05) is 6.08 Å². The van der Waals surface area contributed by atoms with Crippen LogP contribution in [0.15, 0.2) is 72.9 Å². The Labute approximate surface area is 414 Å². The highest BCUT2D eigenvalue weighted by atomic mass is 16.6. The Morgan fingerprint density at radius 3 is 0.910 bits per heavy atom. The smallest absolute Gasteiger partial charge is 0.306 e. The van der Waals surface area contributed by atoms with E-state index in [9.17, 15) is 14.4 Å². The predicted molar refractivity (Wildman–Crippen MR) is 288 cm³/mol. The summed E-state index contributed by atoms with van der Waals surface area (Å²) < 4.78 is 16.8. The maximum atomic E-state index is 12.8. The molecule has 0 unspecified atom stereocenters. The highest BCUT2D eigenvalue weighted by molar-refractivity contribution is 5.71. The summed E-state index contributed by atoms with van der Waals surface area (Å²) in [5.74, 6) is -0.971. The van der Waals surface area contributed by atoms with Crippen molar-refractivity contribution in [3.63, 3.8) is 0 Å². The van der Waals surface area contributed by atoms with Gasteiger partial charge in [0, 0.05) is 19.3 Å². The lowest BCUT2D eigenvalue weighted by molar-refractivity contribution is -0.166. The maximum Gasteiger partial charge on any atom is 0.306 e. The molecule has 1 atom stereocenters. The summed E-state index contributed by atoms with van der Waals surface area (Å²) in [5, 5.41) is 0. The summed E-state index contributed by atoms with van der Waals surface area (Å²) in [4.78, 5) is 38.1. The molecular weight excluding hydrogens is 829 g/mol. The standard InChI is InChI=1S/C61H106O6/c1-4-7-10-13-16-19-22-25-27-29-30-32-33-36-39-42-45-48-51-54-60(63)66-57-58(56-65-59(62)53-50-47-44-41-38-35-24-21-18-15-12-9-6-3)67-61(64)55-52-49-46-43-40-37-34-31-28-26-23-20-17-14-11-8-5-2/h7,10,16,19,25,27,30,32,36,39,45,48,58H,4-6,8-9,11-15,17-18,20-24,26,28-29,31,33-35,37-38,40-44,46-47,49-57H2,1-3H3/b10-7+,19-16+,27-25+,32-30+,39-36+,48-45+/t58-/m1/s1. The predicted octanol–water partition coefficient (Wildman–Crippen LogP) is 19.0. The monoisotopic (exact) mass is 935 g/mol. The van der Waals surface area contributed by atoms with Crippen molar-refractivity contribution in [3.8, 4) is 0 Å². The van der Waals surface area contributed by atoms with E-state index in [2.05, 4.69) is 87.6 Å². The average Bonchev–Trinajstić information content (AvgIpc) is 3.33. The Morgan fingerprint density at radius 1 is 0.313 bits per heavy atom. The van der Waals surface area contributed by atoms with Gasteiger partial charge in [-0.05, 0) is 57.8 Å². The molecule has 0 radical (unpaired) electrons. The van der Waals surface area contributed by atoms with Gasteiger partial charge in [-0.1, -0.05) is 273 Å². The van der Waals surface area contributed by atoms with Crippen molar-refractivity contribution >= 4 is 17.9 Å². The first kappa shape index (κ1) is 63.8. The third-order valence-corrected chi connectivity index (χ3v) is 12.2. The Balaban J connectivity index is 4.46. The van der Waals surface area contributed by atoms with E-state index < -0.39 is 6.10 Å². The van der Waals surface area contributed by atoms with Gasteiger partial charge in [-0.2, -0.15) is 0 Å². The number of hydrogen-bond acceptors (Lipinski definition) is 6. The van der Waals surface area contributed by atoms with Crippen LogP contribution in [0.25, 0.3) is 0 Å². The molecule has 0 bridgehead atoms. The van der Waals surface area contributed by atoms with Gasteiger partial charge in [-0.3, -0.25) is 14.4 Å². The molecule has 0 aromatic rings. The van der Waals surface area contributed by atoms with Crippen LogP contribution in [-0.2, 0) is 28.6 Å². The van der Waals surface area contributed by atoms with E-state index in [0.717, 1.165) is 77.0 Å². The molecule has 386 valence electrons. The maximum absolute atomic E-state index is 12.8. The zero-order valence-electron chi connectivity index (χ0n) is 44.2. The molecule has 0 saturated carbocycles. The number of carbonyl (C=O) groups is 3. The molecule has 0 saturated heterocycles. The van der Waals surface area contributed by atoms with Crippen molar-refractivity contribution in [2.45, 2.75) is 284 Å².